The lowest BCUT2D eigenvalue weighted by molar-refractivity contribution is -0.145. The van der Waals surface area contributed by atoms with Crippen molar-refractivity contribution >= 4 is 23.8 Å². The zero-order chi connectivity index (χ0) is 14.9. The van der Waals surface area contributed by atoms with E-state index in [0.29, 0.717) is 18.3 Å². The second-order valence-corrected chi connectivity index (χ2v) is 7.37. The lowest BCUT2D eigenvalue weighted by Gasteiger charge is -2.44. The molecule has 0 radical (unpaired) electrons. The van der Waals surface area contributed by atoms with Crippen molar-refractivity contribution in [2.24, 2.45) is 5.92 Å². The van der Waals surface area contributed by atoms with E-state index in [-0.39, 0.29) is 18.0 Å². The summed E-state index contributed by atoms with van der Waals surface area (Å²) in [6, 6.07) is -0.607. The Labute approximate surface area is 124 Å². The fraction of sp³-hybridized carbons (Fsp3) is 0.857. The molecule has 114 valence electrons. The molecule has 1 N–H and O–H groups in total. The second-order valence-electron chi connectivity index (χ2n) is 5.89. The number of carbonyl (C=O) groups is 2. The number of likely N-dealkylation sites (tertiary alicyclic amines) is 1. The summed E-state index contributed by atoms with van der Waals surface area (Å²) >= 11 is 1.87. The predicted molar refractivity (Wildman–Crippen MR) is 80.0 cm³/mol. The van der Waals surface area contributed by atoms with Crippen molar-refractivity contribution < 1.29 is 14.7 Å². The zero-order valence-corrected chi connectivity index (χ0v) is 13.2. The molecule has 0 aromatic rings. The van der Waals surface area contributed by atoms with Gasteiger partial charge in [-0.05, 0) is 25.7 Å². The molecule has 20 heavy (non-hydrogen) atoms. The Balaban J connectivity index is 2.15. The minimum atomic E-state index is -0.877. The molecule has 2 rings (SSSR count). The molecule has 2 aliphatic rings. The molecule has 0 aliphatic carbocycles. The van der Waals surface area contributed by atoms with Gasteiger partial charge in [0.1, 0.15) is 6.04 Å². The minimum Gasteiger partial charge on any atom is -0.480 e. The normalized spacial score (nSPS) is 35.0. The Morgan fingerprint density at radius 1 is 1.15 bits per heavy atom. The van der Waals surface area contributed by atoms with Gasteiger partial charge in [-0.25, -0.2) is 9.59 Å². The first-order valence-electron chi connectivity index (χ1n) is 7.35. The van der Waals surface area contributed by atoms with Gasteiger partial charge in [-0.2, -0.15) is 11.8 Å². The van der Waals surface area contributed by atoms with Crippen molar-refractivity contribution in [3.8, 4) is 0 Å². The quantitative estimate of drug-likeness (QED) is 0.806. The number of piperidine rings is 1. The molecule has 2 aliphatic heterocycles. The number of urea groups is 1. The first-order chi connectivity index (χ1) is 9.43. The van der Waals surface area contributed by atoms with Gasteiger partial charge in [-0.3, -0.25) is 0 Å². The smallest absolute Gasteiger partial charge is 0.326 e. The van der Waals surface area contributed by atoms with Gasteiger partial charge in [0.15, 0.2) is 0 Å². The van der Waals surface area contributed by atoms with Gasteiger partial charge in [0.05, 0.1) is 0 Å². The van der Waals surface area contributed by atoms with Gasteiger partial charge in [-0.1, -0.05) is 13.8 Å². The van der Waals surface area contributed by atoms with Gasteiger partial charge in [0.2, 0.25) is 0 Å². The number of amides is 2. The van der Waals surface area contributed by atoms with Crippen LogP contribution in [0, 0.1) is 5.92 Å². The molecule has 4 atom stereocenters. The SMILES string of the molecule is CC1CCCN(C(=O)N2CCSC(C)C2C)C1C(=O)O. The molecular formula is C14H24N2O3S. The van der Waals surface area contributed by atoms with E-state index in [0.717, 1.165) is 18.6 Å². The molecule has 0 bridgehead atoms. The molecule has 0 saturated carbocycles. The number of rotatable bonds is 1. The standard InChI is InChI=1S/C14H24N2O3S/c1-9-5-4-6-16(12(9)13(17)18)14(19)15-7-8-20-11(3)10(15)2/h9-12H,4-8H2,1-3H3,(H,17,18). The van der Waals surface area contributed by atoms with Crippen molar-refractivity contribution in [3.05, 3.63) is 0 Å². The van der Waals surface area contributed by atoms with Crippen LogP contribution < -0.4 is 0 Å². The lowest BCUT2D eigenvalue weighted by Crippen LogP contribution is -2.59. The number of carboxylic acid groups (broad SMARTS) is 1. The summed E-state index contributed by atoms with van der Waals surface area (Å²) in [5, 5.41) is 9.83. The summed E-state index contributed by atoms with van der Waals surface area (Å²) in [5.41, 5.74) is 0. The summed E-state index contributed by atoms with van der Waals surface area (Å²) < 4.78 is 0. The summed E-state index contributed by atoms with van der Waals surface area (Å²) in [7, 11) is 0. The summed E-state index contributed by atoms with van der Waals surface area (Å²) in [6.45, 7) is 7.38. The highest BCUT2D eigenvalue weighted by atomic mass is 32.2. The van der Waals surface area contributed by atoms with Crippen molar-refractivity contribution in [3.63, 3.8) is 0 Å². The Hall–Kier alpha value is -0.910. The summed E-state index contributed by atoms with van der Waals surface area (Å²) in [5.74, 6) is 0.0768. The molecule has 2 fully saturated rings. The summed E-state index contributed by atoms with van der Waals surface area (Å²) in [4.78, 5) is 27.7. The Bertz CT molecular complexity index is 391. The van der Waals surface area contributed by atoms with Crippen LogP contribution in [0.25, 0.3) is 0 Å². The van der Waals surface area contributed by atoms with E-state index in [1.165, 1.54) is 0 Å². The van der Waals surface area contributed by atoms with Crippen LogP contribution in [0.2, 0.25) is 0 Å². The topological polar surface area (TPSA) is 60.9 Å². The number of hydrogen-bond donors (Lipinski definition) is 1. The zero-order valence-electron chi connectivity index (χ0n) is 12.4. The highest BCUT2D eigenvalue weighted by Crippen LogP contribution is 2.29. The highest BCUT2D eigenvalue weighted by molar-refractivity contribution is 8.00. The monoisotopic (exact) mass is 300 g/mol. The van der Waals surface area contributed by atoms with Gasteiger partial charge in [-0.15, -0.1) is 0 Å². The molecule has 4 unspecified atom stereocenters. The van der Waals surface area contributed by atoms with Gasteiger partial charge >= 0.3 is 12.0 Å². The number of nitrogens with zero attached hydrogens (tertiary/aromatic N) is 2. The maximum Gasteiger partial charge on any atom is 0.326 e. The van der Waals surface area contributed by atoms with Crippen molar-refractivity contribution in [1.82, 2.24) is 9.80 Å². The van der Waals surface area contributed by atoms with Crippen molar-refractivity contribution in [2.75, 3.05) is 18.8 Å². The van der Waals surface area contributed by atoms with E-state index < -0.39 is 12.0 Å². The minimum absolute atomic E-state index is 0.0251. The van der Waals surface area contributed by atoms with Gasteiger partial charge in [0, 0.05) is 30.1 Å². The molecule has 0 aromatic carbocycles. The van der Waals surface area contributed by atoms with E-state index in [1.807, 2.05) is 23.6 Å². The van der Waals surface area contributed by atoms with E-state index in [1.54, 1.807) is 4.90 Å². The van der Waals surface area contributed by atoms with Crippen LogP contribution in [0.4, 0.5) is 4.79 Å². The van der Waals surface area contributed by atoms with Gasteiger partial charge in [0.25, 0.3) is 0 Å². The maximum absolute atomic E-state index is 12.7. The average Bonchev–Trinajstić information content (AvgIpc) is 2.40. The Morgan fingerprint density at radius 2 is 1.85 bits per heavy atom. The van der Waals surface area contributed by atoms with Crippen LogP contribution in [0.5, 0.6) is 0 Å². The third-order valence-electron chi connectivity index (χ3n) is 4.56. The van der Waals surface area contributed by atoms with E-state index in [9.17, 15) is 14.7 Å². The van der Waals surface area contributed by atoms with E-state index in [4.69, 9.17) is 0 Å². The van der Waals surface area contributed by atoms with Crippen molar-refractivity contribution in [2.45, 2.75) is 50.9 Å². The molecule has 2 saturated heterocycles. The van der Waals surface area contributed by atoms with Crippen LogP contribution in [-0.2, 0) is 4.79 Å². The number of aliphatic carboxylic acids is 1. The molecule has 2 amide bonds. The molecule has 2 heterocycles. The number of carboxylic acids is 1. The predicted octanol–water partition coefficient (Wildman–Crippen LogP) is 2.12. The van der Waals surface area contributed by atoms with Crippen LogP contribution >= 0.6 is 11.8 Å². The Kier molecular flexibility index (Phi) is 4.83. The highest BCUT2D eigenvalue weighted by Gasteiger charge is 2.40. The molecule has 0 aromatic heterocycles. The van der Waals surface area contributed by atoms with E-state index >= 15 is 0 Å². The number of hydrogen-bond acceptors (Lipinski definition) is 3. The van der Waals surface area contributed by atoms with Crippen molar-refractivity contribution in [1.29, 1.82) is 0 Å². The fourth-order valence-corrected chi connectivity index (χ4v) is 4.25. The first kappa shape index (κ1) is 15.5. The molecule has 5 nitrogen and oxygen atoms in total. The third-order valence-corrected chi connectivity index (χ3v) is 5.90. The number of thioether (sulfide) groups is 1. The second kappa shape index (κ2) is 6.24. The largest absolute Gasteiger partial charge is 0.480 e. The first-order valence-corrected chi connectivity index (χ1v) is 8.40. The molecular weight excluding hydrogens is 276 g/mol. The Morgan fingerprint density at radius 3 is 2.50 bits per heavy atom. The van der Waals surface area contributed by atoms with Crippen LogP contribution in [0.15, 0.2) is 0 Å². The molecule has 6 heteroatoms. The van der Waals surface area contributed by atoms with Crippen LogP contribution in [0.1, 0.15) is 33.6 Å². The lowest BCUT2D eigenvalue weighted by atomic mass is 9.91. The van der Waals surface area contributed by atoms with Crippen LogP contribution in [0.3, 0.4) is 0 Å². The van der Waals surface area contributed by atoms with E-state index in [2.05, 4.69) is 13.8 Å². The molecule has 0 spiro atoms. The third kappa shape index (κ3) is 2.90. The van der Waals surface area contributed by atoms with Gasteiger partial charge < -0.3 is 14.9 Å². The maximum atomic E-state index is 12.7. The average molecular weight is 300 g/mol. The summed E-state index contributed by atoms with van der Waals surface area (Å²) in [6.07, 6.45) is 1.77. The number of carbonyl (C=O) groups excluding carboxylic acids is 1. The fourth-order valence-electron chi connectivity index (χ4n) is 3.15. The van der Waals surface area contributed by atoms with Crippen LogP contribution in [-0.4, -0.2) is 63.1 Å².